The first-order valence-corrected chi connectivity index (χ1v) is 5.76. The van der Waals surface area contributed by atoms with Crippen molar-refractivity contribution in [2.45, 2.75) is 0 Å². The molecule has 6 nitrogen and oxygen atoms in total. The quantitative estimate of drug-likeness (QED) is 0.658. The Morgan fingerprint density at radius 3 is 2.63 bits per heavy atom. The number of hydrogen-bond donors (Lipinski definition) is 0. The van der Waals surface area contributed by atoms with Gasteiger partial charge in [0, 0.05) is 13.2 Å². The Kier molecular flexibility index (Phi) is 2.68. The van der Waals surface area contributed by atoms with E-state index >= 15 is 0 Å². The molecule has 6 heteroatoms. The monoisotopic (exact) mass is 253 g/mol. The predicted octanol–water partition coefficient (Wildman–Crippen LogP) is 1.23. The van der Waals surface area contributed by atoms with Crippen LogP contribution in [-0.2, 0) is 7.05 Å². The molecule has 2 aromatic heterocycles. The highest BCUT2D eigenvalue weighted by Crippen LogP contribution is 2.10. The van der Waals surface area contributed by atoms with Gasteiger partial charge in [-0.2, -0.15) is 5.10 Å². The molecule has 0 unspecified atom stereocenters. The molecule has 0 bridgehead atoms. The number of para-hydroxylation sites is 1. The molecule has 0 saturated carbocycles. The van der Waals surface area contributed by atoms with Gasteiger partial charge in [0.2, 0.25) is 5.78 Å². The Bertz CT molecular complexity index is 713. The first kappa shape index (κ1) is 11.3. The third-order valence-electron chi connectivity index (χ3n) is 2.79. The van der Waals surface area contributed by atoms with Gasteiger partial charge in [-0.05, 0) is 18.2 Å². The maximum Gasteiger partial charge on any atom is 0.232 e. The van der Waals surface area contributed by atoms with Crippen LogP contribution in [0.4, 0.5) is 0 Å². The summed E-state index contributed by atoms with van der Waals surface area (Å²) in [5.41, 5.74) is 1.69. The van der Waals surface area contributed by atoms with Crippen LogP contribution in [0, 0.1) is 0 Å². The second-order valence-electron chi connectivity index (χ2n) is 4.05. The van der Waals surface area contributed by atoms with Crippen LogP contribution in [0.1, 0.15) is 16.2 Å². The van der Waals surface area contributed by atoms with Gasteiger partial charge < -0.3 is 0 Å². The summed E-state index contributed by atoms with van der Waals surface area (Å²) in [4.78, 5) is 12.2. The maximum absolute atomic E-state index is 12.2. The molecule has 19 heavy (non-hydrogen) atoms. The summed E-state index contributed by atoms with van der Waals surface area (Å²) in [6, 6.07) is 11.3. The zero-order valence-electron chi connectivity index (χ0n) is 10.3. The lowest BCUT2D eigenvalue weighted by molar-refractivity contribution is 0.102. The molecule has 0 fully saturated rings. The molecule has 2 heterocycles. The summed E-state index contributed by atoms with van der Waals surface area (Å²) in [6.07, 6.45) is 3.19. The van der Waals surface area contributed by atoms with Gasteiger partial charge in [0.15, 0.2) is 0 Å². The lowest BCUT2D eigenvalue weighted by atomic mass is 10.2. The first-order chi connectivity index (χ1) is 9.25. The van der Waals surface area contributed by atoms with Crippen LogP contribution in [-0.4, -0.2) is 30.6 Å². The van der Waals surface area contributed by atoms with Crippen molar-refractivity contribution in [1.29, 1.82) is 0 Å². The molecule has 94 valence electrons. The standard InChI is InChI=1S/C13H11N5O/c1-17-12(9-14-16-17)13(19)11-7-8-18(15-11)10-5-3-2-4-6-10/h2-9H,1H3. The molecule has 0 saturated heterocycles. The van der Waals surface area contributed by atoms with Crippen LogP contribution in [0.25, 0.3) is 5.69 Å². The van der Waals surface area contributed by atoms with Crippen LogP contribution in [0.2, 0.25) is 0 Å². The highest BCUT2D eigenvalue weighted by atomic mass is 16.1. The Labute approximate surface area is 109 Å². The fourth-order valence-electron chi connectivity index (χ4n) is 1.80. The normalized spacial score (nSPS) is 10.6. The van der Waals surface area contributed by atoms with Crippen LogP contribution in [0.3, 0.4) is 0 Å². The molecule has 0 N–H and O–H groups in total. The van der Waals surface area contributed by atoms with Crippen molar-refractivity contribution in [3.63, 3.8) is 0 Å². The number of nitrogens with zero attached hydrogens (tertiary/aromatic N) is 5. The molecule has 1 aromatic carbocycles. The molecule has 0 aliphatic rings. The van der Waals surface area contributed by atoms with Crippen molar-refractivity contribution in [3.05, 3.63) is 60.2 Å². The number of hydrogen-bond acceptors (Lipinski definition) is 4. The van der Waals surface area contributed by atoms with Crippen molar-refractivity contribution in [2.75, 3.05) is 0 Å². The zero-order valence-corrected chi connectivity index (χ0v) is 10.3. The SMILES string of the molecule is Cn1nncc1C(=O)c1ccn(-c2ccccc2)n1. The minimum atomic E-state index is -0.192. The minimum Gasteiger partial charge on any atom is -0.285 e. The third kappa shape index (κ3) is 2.03. The number of benzene rings is 1. The molecule has 3 rings (SSSR count). The van der Waals surface area contributed by atoms with E-state index in [9.17, 15) is 4.79 Å². The Morgan fingerprint density at radius 1 is 1.16 bits per heavy atom. The molecule has 0 aliphatic carbocycles. The van der Waals surface area contributed by atoms with E-state index in [4.69, 9.17) is 0 Å². The van der Waals surface area contributed by atoms with Crippen molar-refractivity contribution in [3.8, 4) is 5.69 Å². The fraction of sp³-hybridized carbons (Fsp3) is 0.0769. The number of aryl methyl sites for hydroxylation is 1. The highest BCUT2D eigenvalue weighted by Gasteiger charge is 2.16. The van der Waals surface area contributed by atoms with Gasteiger partial charge >= 0.3 is 0 Å². The summed E-state index contributed by atoms with van der Waals surface area (Å²) < 4.78 is 3.10. The van der Waals surface area contributed by atoms with E-state index in [1.165, 1.54) is 10.9 Å². The van der Waals surface area contributed by atoms with Crippen molar-refractivity contribution >= 4 is 5.78 Å². The van der Waals surface area contributed by atoms with E-state index in [-0.39, 0.29) is 5.78 Å². The first-order valence-electron chi connectivity index (χ1n) is 5.76. The van der Waals surface area contributed by atoms with E-state index in [0.717, 1.165) is 5.69 Å². The molecule has 3 aromatic rings. The maximum atomic E-state index is 12.2. The summed E-state index contributed by atoms with van der Waals surface area (Å²) in [5.74, 6) is -0.192. The summed E-state index contributed by atoms with van der Waals surface area (Å²) in [5, 5.41) is 11.7. The van der Waals surface area contributed by atoms with Crippen molar-refractivity contribution < 1.29 is 4.79 Å². The molecule has 0 atom stereocenters. The number of carbonyl (C=O) groups excluding carboxylic acids is 1. The van der Waals surface area contributed by atoms with Crippen LogP contribution < -0.4 is 0 Å². The second-order valence-corrected chi connectivity index (χ2v) is 4.05. The Morgan fingerprint density at radius 2 is 1.95 bits per heavy atom. The Balaban J connectivity index is 1.94. The third-order valence-corrected chi connectivity index (χ3v) is 2.79. The highest BCUT2D eigenvalue weighted by molar-refractivity contribution is 6.06. The van der Waals surface area contributed by atoms with Gasteiger partial charge in [0.05, 0.1) is 11.9 Å². The van der Waals surface area contributed by atoms with Crippen LogP contribution >= 0.6 is 0 Å². The van der Waals surface area contributed by atoms with E-state index in [2.05, 4.69) is 15.4 Å². The number of ketones is 1. The summed E-state index contributed by atoms with van der Waals surface area (Å²) in [6.45, 7) is 0. The smallest absolute Gasteiger partial charge is 0.232 e. The van der Waals surface area contributed by atoms with Gasteiger partial charge in [-0.1, -0.05) is 23.4 Å². The topological polar surface area (TPSA) is 65.6 Å². The second kappa shape index (κ2) is 4.49. The van der Waals surface area contributed by atoms with Crippen LogP contribution in [0.15, 0.2) is 48.8 Å². The van der Waals surface area contributed by atoms with Crippen molar-refractivity contribution in [2.24, 2.45) is 7.05 Å². The molecule has 0 spiro atoms. The molecule has 0 aliphatic heterocycles. The molecular formula is C13H11N5O. The van der Waals surface area contributed by atoms with Gasteiger partial charge in [0.25, 0.3) is 0 Å². The van der Waals surface area contributed by atoms with E-state index in [1.807, 2.05) is 30.3 Å². The lowest BCUT2D eigenvalue weighted by Crippen LogP contribution is -2.09. The Hall–Kier alpha value is -2.76. The molecule has 0 radical (unpaired) electrons. The van der Waals surface area contributed by atoms with E-state index in [0.29, 0.717) is 11.4 Å². The predicted molar refractivity (Wildman–Crippen MR) is 68.0 cm³/mol. The average molecular weight is 253 g/mol. The number of aromatic nitrogens is 5. The van der Waals surface area contributed by atoms with E-state index in [1.54, 1.807) is 24.0 Å². The average Bonchev–Trinajstić information content (AvgIpc) is 3.08. The van der Waals surface area contributed by atoms with Crippen LogP contribution in [0.5, 0.6) is 0 Å². The summed E-state index contributed by atoms with van der Waals surface area (Å²) in [7, 11) is 1.68. The summed E-state index contributed by atoms with van der Waals surface area (Å²) >= 11 is 0. The molecular weight excluding hydrogens is 242 g/mol. The van der Waals surface area contributed by atoms with Gasteiger partial charge in [-0.15, -0.1) is 5.10 Å². The fourth-order valence-corrected chi connectivity index (χ4v) is 1.80. The lowest BCUT2D eigenvalue weighted by Gasteiger charge is -2.00. The minimum absolute atomic E-state index is 0.192. The molecule has 0 amide bonds. The van der Waals surface area contributed by atoms with Gasteiger partial charge in [0.1, 0.15) is 11.4 Å². The largest absolute Gasteiger partial charge is 0.285 e. The van der Waals surface area contributed by atoms with Gasteiger partial charge in [-0.3, -0.25) is 4.79 Å². The van der Waals surface area contributed by atoms with Gasteiger partial charge in [-0.25, -0.2) is 9.36 Å². The zero-order chi connectivity index (χ0) is 13.2. The number of rotatable bonds is 3. The number of carbonyl (C=O) groups is 1. The van der Waals surface area contributed by atoms with E-state index < -0.39 is 0 Å². The van der Waals surface area contributed by atoms with Crippen molar-refractivity contribution in [1.82, 2.24) is 24.8 Å².